The highest BCUT2D eigenvalue weighted by Crippen LogP contribution is 2.24. The maximum Gasteiger partial charge on any atom is 0.343 e. The largest absolute Gasteiger partial charge is 0.423 e. The predicted octanol–water partition coefficient (Wildman–Crippen LogP) is 6.48. The van der Waals surface area contributed by atoms with Gasteiger partial charge in [-0.1, -0.05) is 68.8 Å². The van der Waals surface area contributed by atoms with Gasteiger partial charge in [-0.25, -0.2) is 4.79 Å². The SMILES string of the molecule is CCCCc1ccc(-c2ccc(OC(=O)c3ccc(CC)cc3)cc2)cc1. The van der Waals surface area contributed by atoms with E-state index in [4.69, 9.17) is 4.74 Å². The fraction of sp³-hybridized carbons (Fsp3) is 0.240. The summed E-state index contributed by atoms with van der Waals surface area (Å²) in [6, 6.07) is 23.9. The van der Waals surface area contributed by atoms with Gasteiger partial charge in [0, 0.05) is 0 Å². The molecule has 0 atom stereocenters. The third-order valence-corrected chi connectivity index (χ3v) is 4.77. The molecule has 0 spiro atoms. The molecule has 0 heterocycles. The minimum Gasteiger partial charge on any atom is -0.423 e. The average Bonchev–Trinajstić information content (AvgIpc) is 2.73. The summed E-state index contributed by atoms with van der Waals surface area (Å²) < 4.78 is 5.49. The Balaban J connectivity index is 1.65. The lowest BCUT2D eigenvalue weighted by atomic mass is 10.0. The molecule has 0 aliphatic rings. The number of carbonyl (C=O) groups is 1. The van der Waals surface area contributed by atoms with Crippen molar-refractivity contribution in [3.63, 3.8) is 0 Å². The van der Waals surface area contributed by atoms with Crippen molar-refractivity contribution in [1.82, 2.24) is 0 Å². The molecule has 138 valence electrons. The molecule has 2 nitrogen and oxygen atoms in total. The molecule has 2 heteroatoms. The Labute approximate surface area is 161 Å². The first kappa shape index (κ1) is 18.9. The molecule has 0 aromatic heterocycles. The number of ether oxygens (including phenoxy) is 1. The van der Waals surface area contributed by atoms with Crippen LogP contribution < -0.4 is 4.74 Å². The van der Waals surface area contributed by atoms with Gasteiger partial charge in [-0.2, -0.15) is 0 Å². The van der Waals surface area contributed by atoms with Gasteiger partial charge in [-0.05, 0) is 65.8 Å². The summed E-state index contributed by atoms with van der Waals surface area (Å²) in [7, 11) is 0. The van der Waals surface area contributed by atoms with E-state index in [9.17, 15) is 4.79 Å². The minimum absolute atomic E-state index is 0.328. The molecule has 0 amide bonds. The van der Waals surface area contributed by atoms with Crippen LogP contribution in [-0.4, -0.2) is 5.97 Å². The zero-order valence-electron chi connectivity index (χ0n) is 16.1. The van der Waals surface area contributed by atoms with Crippen molar-refractivity contribution in [3.8, 4) is 16.9 Å². The summed E-state index contributed by atoms with van der Waals surface area (Å²) in [5, 5.41) is 0. The second kappa shape index (κ2) is 9.18. The molecular formula is C25H26O2. The zero-order valence-corrected chi connectivity index (χ0v) is 16.1. The normalized spacial score (nSPS) is 10.6. The van der Waals surface area contributed by atoms with Crippen LogP contribution in [0.2, 0.25) is 0 Å². The van der Waals surface area contributed by atoms with Crippen molar-refractivity contribution in [2.24, 2.45) is 0 Å². The highest BCUT2D eigenvalue weighted by Gasteiger charge is 2.08. The quantitative estimate of drug-likeness (QED) is 0.357. The van der Waals surface area contributed by atoms with Gasteiger partial charge in [-0.15, -0.1) is 0 Å². The Morgan fingerprint density at radius 3 is 1.85 bits per heavy atom. The maximum absolute atomic E-state index is 12.3. The number of hydrogen-bond acceptors (Lipinski definition) is 2. The first-order valence-corrected chi connectivity index (χ1v) is 9.70. The van der Waals surface area contributed by atoms with Gasteiger partial charge < -0.3 is 4.74 Å². The van der Waals surface area contributed by atoms with Crippen molar-refractivity contribution in [1.29, 1.82) is 0 Å². The van der Waals surface area contributed by atoms with E-state index in [2.05, 4.69) is 38.1 Å². The molecule has 0 unspecified atom stereocenters. The van der Waals surface area contributed by atoms with E-state index in [0.29, 0.717) is 11.3 Å². The van der Waals surface area contributed by atoms with Gasteiger partial charge in [0.1, 0.15) is 5.75 Å². The van der Waals surface area contributed by atoms with Crippen molar-refractivity contribution >= 4 is 5.97 Å². The van der Waals surface area contributed by atoms with Gasteiger partial charge in [0.05, 0.1) is 5.56 Å². The Morgan fingerprint density at radius 1 is 0.741 bits per heavy atom. The molecule has 27 heavy (non-hydrogen) atoms. The highest BCUT2D eigenvalue weighted by atomic mass is 16.5. The molecule has 3 aromatic carbocycles. The number of rotatable bonds is 7. The first-order valence-electron chi connectivity index (χ1n) is 9.70. The lowest BCUT2D eigenvalue weighted by molar-refractivity contribution is 0.0735. The molecule has 0 saturated heterocycles. The van der Waals surface area contributed by atoms with Crippen LogP contribution in [0, 0.1) is 0 Å². The number of hydrogen-bond donors (Lipinski definition) is 0. The van der Waals surface area contributed by atoms with E-state index in [1.165, 1.54) is 29.5 Å². The number of unbranched alkanes of at least 4 members (excludes halogenated alkanes) is 1. The van der Waals surface area contributed by atoms with Crippen LogP contribution in [0.3, 0.4) is 0 Å². The number of aryl methyl sites for hydroxylation is 2. The second-order valence-corrected chi connectivity index (χ2v) is 6.76. The van der Waals surface area contributed by atoms with Crippen molar-refractivity contribution in [3.05, 3.63) is 89.5 Å². The van der Waals surface area contributed by atoms with Crippen LogP contribution in [0.15, 0.2) is 72.8 Å². The van der Waals surface area contributed by atoms with Gasteiger partial charge in [0.15, 0.2) is 0 Å². The van der Waals surface area contributed by atoms with E-state index < -0.39 is 0 Å². The Morgan fingerprint density at radius 2 is 1.30 bits per heavy atom. The zero-order chi connectivity index (χ0) is 19.1. The first-order chi connectivity index (χ1) is 13.2. The lowest BCUT2D eigenvalue weighted by Gasteiger charge is -2.07. The molecule has 0 saturated carbocycles. The summed E-state index contributed by atoms with van der Waals surface area (Å²) in [6.07, 6.45) is 4.52. The van der Waals surface area contributed by atoms with Crippen LogP contribution in [0.1, 0.15) is 48.2 Å². The molecule has 3 aromatic rings. The van der Waals surface area contributed by atoms with Crippen LogP contribution in [-0.2, 0) is 12.8 Å². The second-order valence-electron chi connectivity index (χ2n) is 6.76. The number of esters is 1. The van der Waals surface area contributed by atoms with Gasteiger partial charge >= 0.3 is 5.97 Å². The topological polar surface area (TPSA) is 26.3 Å². The van der Waals surface area contributed by atoms with Crippen molar-refractivity contribution < 1.29 is 9.53 Å². The summed E-state index contributed by atoms with van der Waals surface area (Å²) >= 11 is 0. The van der Waals surface area contributed by atoms with Crippen molar-refractivity contribution in [2.75, 3.05) is 0 Å². The van der Waals surface area contributed by atoms with Crippen LogP contribution in [0.25, 0.3) is 11.1 Å². The van der Waals surface area contributed by atoms with Crippen LogP contribution in [0.5, 0.6) is 5.75 Å². The molecular weight excluding hydrogens is 332 g/mol. The van der Waals surface area contributed by atoms with E-state index in [-0.39, 0.29) is 5.97 Å². The Hall–Kier alpha value is -2.87. The third kappa shape index (κ3) is 5.07. The molecule has 0 N–H and O–H groups in total. The Bertz CT molecular complexity index is 860. The summed E-state index contributed by atoms with van der Waals surface area (Å²) in [4.78, 5) is 12.3. The minimum atomic E-state index is -0.328. The van der Waals surface area contributed by atoms with Crippen LogP contribution in [0.4, 0.5) is 0 Å². The smallest absolute Gasteiger partial charge is 0.343 e. The van der Waals surface area contributed by atoms with E-state index in [1.807, 2.05) is 48.5 Å². The fourth-order valence-electron chi connectivity index (χ4n) is 3.00. The van der Waals surface area contributed by atoms with Crippen LogP contribution >= 0.6 is 0 Å². The van der Waals surface area contributed by atoms with Gasteiger partial charge in [0.25, 0.3) is 0 Å². The number of carbonyl (C=O) groups excluding carboxylic acids is 1. The highest BCUT2D eigenvalue weighted by molar-refractivity contribution is 5.91. The number of benzene rings is 3. The molecule has 3 rings (SSSR count). The van der Waals surface area contributed by atoms with E-state index in [0.717, 1.165) is 18.4 Å². The average molecular weight is 358 g/mol. The molecule has 0 aliphatic carbocycles. The maximum atomic E-state index is 12.3. The predicted molar refractivity (Wildman–Crippen MR) is 111 cm³/mol. The molecule has 0 radical (unpaired) electrons. The Kier molecular flexibility index (Phi) is 6.43. The standard InChI is InChI=1S/C25H26O2/c1-3-5-6-20-9-11-21(12-10-20)22-15-17-24(18-16-22)27-25(26)23-13-7-19(4-2)8-14-23/h7-18H,3-6H2,1-2H3. The van der Waals surface area contributed by atoms with Crippen molar-refractivity contribution in [2.45, 2.75) is 39.5 Å². The molecule has 0 aliphatic heterocycles. The summed E-state index contributed by atoms with van der Waals surface area (Å²) in [5.74, 6) is 0.230. The molecule has 0 fully saturated rings. The van der Waals surface area contributed by atoms with Gasteiger partial charge in [0.2, 0.25) is 0 Å². The van der Waals surface area contributed by atoms with Gasteiger partial charge in [-0.3, -0.25) is 0 Å². The summed E-state index contributed by atoms with van der Waals surface area (Å²) in [5.41, 5.74) is 5.43. The monoisotopic (exact) mass is 358 g/mol. The van der Waals surface area contributed by atoms with E-state index in [1.54, 1.807) is 0 Å². The lowest BCUT2D eigenvalue weighted by Crippen LogP contribution is -2.08. The summed E-state index contributed by atoms with van der Waals surface area (Å²) in [6.45, 7) is 4.30. The van der Waals surface area contributed by atoms with E-state index >= 15 is 0 Å². The molecule has 0 bridgehead atoms. The third-order valence-electron chi connectivity index (χ3n) is 4.77. The fourth-order valence-corrected chi connectivity index (χ4v) is 3.00.